The van der Waals surface area contributed by atoms with Gasteiger partial charge in [0.15, 0.2) is 0 Å². The average Bonchev–Trinajstić information content (AvgIpc) is 2.36. The van der Waals surface area contributed by atoms with E-state index in [9.17, 15) is 0 Å². The smallest absolute Gasteiger partial charge is 0.0424 e. The fourth-order valence-electron chi connectivity index (χ4n) is 1.94. The van der Waals surface area contributed by atoms with E-state index in [0.29, 0.717) is 16.6 Å². The fourth-order valence-corrected chi connectivity index (χ4v) is 2.92. The second-order valence-electron chi connectivity index (χ2n) is 4.29. The summed E-state index contributed by atoms with van der Waals surface area (Å²) in [6.45, 7) is 2.85. The van der Waals surface area contributed by atoms with Crippen LogP contribution in [0.1, 0.15) is 18.1 Å². The third-order valence-corrected chi connectivity index (χ3v) is 3.78. The first-order valence-corrected chi connectivity index (χ1v) is 7.60. The maximum atomic E-state index is 5.99. The van der Waals surface area contributed by atoms with E-state index in [0.717, 1.165) is 22.1 Å². The zero-order chi connectivity index (χ0) is 13.8. The van der Waals surface area contributed by atoms with Gasteiger partial charge >= 0.3 is 0 Å². The SMILES string of the molecule is CCc1cc(Br)ccc1NCc1cc(Cl)cc(Cl)c1. The van der Waals surface area contributed by atoms with E-state index in [1.54, 1.807) is 6.07 Å². The molecule has 0 saturated carbocycles. The van der Waals surface area contributed by atoms with Crippen molar-refractivity contribution in [3.8, 4) is 0 Å². The molecule has 0 aliphatic carbocycles. The number of hydrogen-bond donors (Lipinski definition) is 1. The minimum absolute atomic E-state index is 0.663. The molecule has 2 rings (SSSR count). The molecule has 4 heteroatoms. The van der Waals surface area contributed by atoms with Gasteiger partial charge in [-0.3, -0.25) is 0 Å². The van der Waals surface area contributed by atoms with Crippen molar-refractivity contribution < 1.29 is 0 Å². The van der Waals surface area contributed by atoms with E-state index < -0.39 is 0 Å². The Morgan fingerprint density at radius 2 is 1.74 bits per heavy atom. The van der Waals surface area contributed by atoms with Crippen molar-refractivity contribution in [3.05, 3.63) is 62.0 Å². The normalized spacial score (nSPS) is 10.5. The Morgan fingerprint density at radius 3 is 2.37 bits per heavy atom. The van der Waals surface area contributed by atoms with Crippen LogP contribution < -0.4 is 5.32 Å². The Labute approximate surface area is 132 Å². The van der Waals surface area contributed by atoms with Gasteiger partial charge in [-0.15, -0.1) is 0 Å². The van der Waals surface area contributed by atoms with Crippen LogP contribution in [0.25, 0.3) is 0 Å². The lowest BCUT2D eigenvalue weighted by Gasteiger charge is -2.12. The van der Waals surface area contributed by atoms with Gasteiger partial charge < -0.3 is 5.32 Å². The zero-order valence-corrected chi connectivity index (χ0v) is 13.6. The Hall–Kier alpha value is -0.700. The molecule has 0 atom stereocenters. The molecule has 0 bridgehead atoms. The van der Waals surface area contributed by atoms with Crippen LogP contribution in [-0.2, 0) is 13.0 Å². The highest BCUT2D eigenvalue weighted by Gasteiger charge is 2.03. The summed E-state index contributed by atoms with van der Waals surface area (Å²) in [6.07, 6.45) is 0.984. The molecule has 0 heterocycles. The number of nitrogens with one attached hydrogen (secondary N) is 1. The number of benzene rings is 2. The maximum Gasteiger partial charge on any atom is 0.0424 e. The lowest BCUT2D eigenvalue weighted by Crippen LogP contribution is -2.02. The summed E-state index contributed by atoms with van der Waals surface area (Å²) in [5.41, 5.74) is 3.49. The van der Waals surface area contributed by atoms with Crippen LogP contribution in [-0.4, -0.2) is 0 Å². The average molecular weight is 359 g/mol. The number of anilines is 1. The van der Waals surface area contributed by atoms with Gasteiger partial charge in [0.1, 0.15) is 0 Å². The molecular weight excluding hydrogens is 345 g/mol. The Bertz CT molecular complexity index is 564. The van der Waals surface area contributed by atoms with E-state index in [-0.39, 0.29) is 0 Å². The molecule has 0 amide bonds. The van der Waals surface area contributed by atoms with Crippen LogP contribution >= 0.6 is 39.1 Å². The van der Waals surface area contributed by atoms with E-state index in [2.05, 4.69) is 40.3 Å². The summed E-state index contributed by atoms with van der Waals surface area (Å²) in [5, 5.41) is 4.75. The monoisotopic (exact) mass is 357 g/mol. The summed E-state index contributed by atoms with van der Waals surface area (Å²) in [6, 6.07) is 11.8. The first-order valence-electron chi connectivity index (χ1n) is 6.05. The summed E-state index contributed by atoms with van der Waals surface area (Å²) >= 11 is 15.5. The molecular formula is C15H14BrCl2N. The van der Waals surface area contributed by atoms with Gasteiger partial charge in [0.05, 0.1) is 0 Å². The van der Waals surface area contributed by atoms with Crippen LogP contribution in [0.4, 0.5) is 5.69 Å². The molecule has 0 fully saturated rings. The third-order valence-electron chi connectivity index (χ3n) is 2.85. The molecule has 0 aliphatic rings. The summed E-state index contributed by atoms with van der Waals surface area (Å²) in [7, 11) is 0. The first-order chi connectivity index (χ1) is 9.08. The lowest BCUT2D eigenvalue weighted by atomic mass is 10.1. The maximum absolute atomic E-state index is 5.99. The van der Waals surface area contributed by atoms with Crippen molar-refractivity contribution in [2.45, 2.75) is 19.9 Å². The molecule has 0 spiro atoms. The molecule has 2 aromatic carbocycles. The predicted octanol–water partition coefficient (Wildman–Crippen LogP) is 5.93. The van der Waals surface area contributed by atoms with Gasteiger partial charge in [-0.1, -0.05) is 46.1 Å². The largest absolute Gasteiger partial charge is 0.381 e. The van der Waals surface area contributed by atoms with Gasteiger partial charge in [0.25, 0.3) is 0 Å². The minimum Gasteiger partial charge on any atom is -0.381 e. The highest BCUT2D eigenvalue weighted by molar-refractivity contribution is 9.10. The van der Waals surface area contributed by atoms with Gasteiger partial charge in [-0.25, -0.2) is 0 Å². The van der Waals surface area contributed by atoms with Gasteiger partial charge in [0, 0.05) is 26.8 Å². The van der Waals surface area contributed by atoms with Gasteiger partial charge in [0.2, 0.25) is 0 Å². The van der Waals surface area contributed by atoms with Crippen LogP contribution in [0.3, 0.4) is 0 Å². The molecule has 1 nitrogen and oxygen atoms in total. The second-order valence-corrected chi connectivity index (χ2v) is 6.07. The summed E-state index contributed by atoms with van der Waals surface area (Å²) < 4.78 is 1.10. The van der Waals surface area contributed by atoms with Gasteiger partial charge in [-0.2, -0.15) is 0 Å². The highest BCUT2D eigenvalue weighted by Crippen LogP contribution is 2.24. The van der Waals surface area contributed by atoms with E-state index in [1.165, 1.54) is 5.56 Å². The minimum atomic E-state index is 0.663. The van der Waals surface area contributed by atoms with Crippen molar-refractivity contribution in [1.29, 1.82) is 0 Å². The quantitative estimate of drug-likeness (QED) is 0.714. The third kappa shape index (κ3) is 4.13. The standard InChI is InChI=1S/C15H14BrCl2N/c1-2-11-7-12(16)3-4-15(11)19-9-10-5-13(17)8-14(18)6-10/h3-8,19H,2,9H2,1H3. The summed E-state index contributed by atoms with van der Waals surface area (Å²) in [5.74, 6) is 0. The Morgan fingerprint density at radius 1 is 1.05 bits per heavy atom. The number of halogens is 3. The van der Waals surface area contributed by atoms with E-state index in [4.69, 9.17) is 23.2 Å². The molecule has 0 unspecified atom stereocenters. The number of aryl methyl sites for hydroxylation is 1. The fraction of sp³-hybridized carbons (Fsp3) is 0.200. The molecule has 19 heavy (non-hydrogen) atoms. The van der Waals surface area contributed by atoms with Crippen LogP contribution in [0.2, 0.25) is 10.0 Å². The topological polar surface area (TPSA) is 12.0 Å². The molecule has 2 aromatic rings. The Balaban J connectivity index is 2.14. The van der Waals surface area contributed by atoms with Gasteiger partial charge in [-0.05, 0) is 53.9 Å². The van der Waals surface area contributed by atoms with Crippen molar-refractivity contribution in [2.75, 3.05) is 5.32 Å². The molecule has 0 aromatic heterocycles. The molecule has 0 saturated heterocycles. The molecule has 1 N–H and O–H groups in total. The molecule has 0 aliphatic heterocycles. The number of rotatable bonds is 4. The van der Waals surface area contributed by atoms with E-state index >= 15 is 0 Å². The summed E-state index contributed by atoms with van der Waals surface area (Å²) in [4.78, 5) is 0. The first kappa shape index (κ1) is 14.7. The highest BCUT2D eigenvalue weighted by atomic mass is 79.9. The van der Waals surface area contributed by atoms with Crippen LogP contribution in [0, 0.1) is 0 Å². The van der Waals surface area contributed by atoms with Crippen molar-refractivity contribution in [3.63, 3.8) is 0 Å². The molecule has 0 radical (unpaired) electrons. The lowest BCUT2D eigenvalue weighted by molar-refractivity contribution is 1.09. The van der Waals surface area contributed by atoms with Crippen molar-refractivity contribution >= 4 is 44.8 Å². The second kappa shape index (κ2) is 6.65. The molecule has 100 valence electrons. The van der Waals surface area contributed by atoms with Crippen molar-refractivity contribution in [2.24, 2.45) is 0 Å². The van der Waals surface area contributed by atoms with Crippen LogP contribution in [0.5, 0.6) is 0 Å². The van der Waals surface area contributed by atoms with Crippen LogP contribution in [0.15, 0.2) is 40.9 Å². The predicted molar refractivity (Wildman–Crippen MR) is 87.3 cm³/mol. The van der Waals surface area contributed by atoms with E-state index in [1.807, 2.05) is 18.2 Å². The van der Waals surface area contributed by atoms with Crippen molar-refractivity contribution in [1.82, 2.24) is 0 Å². The Kier molecular flexibility index (Phi) is 5.14. The number of hydrogen-bond acceptors (Lipinski definition) is 1. The zero-order valence-electron chi connectivity index (χ0n) is 10.5.